The molecule has 102 valence electrons. The van der Waals surface area contributed by atoms with E-state index in [2.05, 4.69) is 28.8 Å². The monoisotopic (exact) mass is 260 g/mol. The molecule has 0 saturated heterocycles. The first-order valence-corrected chi connectivity index (χ1v) is 6.40. The predicted octanol–water partition coefficient (Wildman–Crippen LogP) is 1.93. The highest BCUT2D eigenvalue weighted by molar-refractivity contribution is 5.24. The average molecular weight is 260 g/mol. The van der Waals surface area contributed by atoms with Gasteiger partial charge in [0.25, 0.3) is 0 Å². The third kappa shape index (κ3) is 3.54. The van der Waals surface area contributed by atoms with Gasteiger partial charge in [0.2, 0.25) is 0 Å². The van der Waals surface area contributed by atoms with E-state index in [1.807, 2.05) is 19.4 Å². The molecule has 0 radical (unpaired) electrons. The Morgan fingerprint density at radius 3 is 2.74 bits per heavy atom. The van der Waals surface area contributed by atoms with Gasteiger partial charge in [0.1, 0.15) is 5.75 Å². The summed E-state index contributed by atoms with van der Waals surface area (Å²) < 4.78 is 1.80. The minimum absolute atomic E-state index is 0.249. The van der Waals surface area contributed by atoms with Crippen LogP contribution in [0.15, 0.2) is 30.7 Å². The Hall–Kier alpha value is -1.88. The molecule has 0 unspecified atom stereocenters. The second kappa shape index (κ2) is 5.84. The highest BCUT2D eigenvalue weighted by Gasteiger charge is 2.14. The standard InChI is InChI=1S/C14H20N4O/c1-11(2)18(9-12-7-16-17(3)8-12)10-13-14(19)5-4-6-15-13/h4-8,11,19H,9-10H2,1-3H3. The zero-order chi connectivity index (χ0) is 13.8. The van der Waals surface area contributed by atoms with Gasteiger partial charge in [0.05, 0.1) is 11.9 Å². The van der Waals surface area contributed by atoms with Crippen molar-refractivity contribution in [1.29, 1.82) is 0 Å². The van der Waals surface area contributed by atoms with Gasteiger partial charge in [-0.15, -0.1) is 0 Å². The highest BCUT2D eigenvalue weighted by atomic mass is 16.3. The summed E-state index contributed by atoms with van der Waals surface area (Å²) in [7, 11) is 1.91. The molecule has 0 atom stereocenters. The van der Waals surface area contributed by atoms with E-state index >= 15 is 0 Å². The van der Waals surface area contributed by atoms with Gasteiger partial charge in [-0.05, 0) is 26.0 Å². The van der Waals surface area contributed by atoms with Gasteiger partial charge < -0.3 is 5.11 Å². The van der Waals surface area contributed by atoms with Gasteiger partial charge in [0, 0.05) is 44.1 Å². The largest absolute Gasteiger partial charge is 0.506 e. The Morgan fingerprint density at radius 2 is 2.16 bits per heavy atom. The predicted molar refractivity (Wildman–Crippen MR) is 73.5 cm³/mol. The maximum absolute atomic E-state index is 9.81. The van der Waals surface area contributed by atoms with Crippen molar-refractivity contribution in [2.75, 3.05) is 0 Å². The van der Waals surface area contributed by atoms with Crippen molar-refractivity contribution in [3.05, 3.63) is 42.0 Å². The van der Waals surface area contributed by atoms with Gasteiger partial charge >= 0.3 is 0 Å². The fraction of sp³-hybridized carbons (Fsp3) is 0.429. The van der Waals surface area contributed by atoms with Crippen LogP contribution in [0, 0.1) is 0 Å². The van der Waals surface area contributed by atoms with Gasteiger partial charge in [0.15, 0.2) is 0 Å². The van der Waals surface area contributed by atoms with Crippen molar-refractivity contribution >= 4 is 0 Å². The van der Waals surface area contributed by atoms with Gasteiger partial charge in [-0.1, -0.05) is 0 Å². The zero-order valence-corrected chi connectivity index (χ0v) is 11.6. The molecule has 19 heavy (non-hydrogen) atoms. The minimum atomic E-state index is 0.249. The van der Waals surface area contributed by atoms with Crippen molar-refractivity contribution in [3.63, 3.8) is 0 Å². The molecule has 1 N–H and O–H groups in total. The summed E-state index contributed by atoms with van der Waals surface area (Å²) in [5.74, 6) is 0.249. The maximum Gasteiger partial charge on any atom is 0.138 e. The van der Waals surface area contributed by atoms with E-state index in [1.165, 1.54) is 0 Å². The normalized spacial score (nSPS) is 11.4. The Bertz CT molecular complexity index is 536. The molecular formula is C14H20N4O. The SMILES string of the molecule is CC(C)N(Cc1cnn(C)c1)Cc1ncccc1O. The minimum Gasteiger partial charge on any atom is -0.506 e. The molecule has 2 aromatic heterocycles. The smallest absolute Gasteiger partial charge is 0.138 e. The van der Waals surface area contributed by atoms with Crippen LogP contribution in [0.1, 0.15) is 25.1 Å². The summed E-state index contributed by atoms with van der Waals surface area (Å²) in [5.41, 5.74) is 1.87. The van der Waals surface area contributed by atoms with Crippen LogP contribution in [0.3, 0.4) is 0 Å². The van der Waals surface area contributed by atoms with Crippen LogP contribution in [0.5, 0.6) is 5.75 Å². The summed E-state index contributed by atoms with van der Waals surface area (Å²) in [6.45, 7) is 5.69. The van der Waals surface area contributed by atoms with E-state index in [0.717, 1.165) is 12.1 Å². The maximum atomic E-state index is 9.81. The van der Waals surface area contributed by atoms with E-state index in [1.54, 1.807) is 23.0 Å². The molecule has 0 aromatic carbocycles. The third-order valence-corrected chi connectivity index (χ3v) is 3.09. The molecular weight excluding hydrogens is 240 g/mol. The lowest BCUT2D eigenvalue weighted by molar-refractivity contribution is 0.198. The second-order valence-electron chi connectivity index (χ2n) is 4.99. The fourth-order valence-electron chi connectivity index (χ4n) is 1.95. The first-order chi connectivity index (χ1) is 9.06. The zero-order valence-electron chi connectivity index (χ0n) is 11.6. The van der Waals surface area contributed by atoms with Crippen molar-refractivity contribution < 1.29 is 5.11 Å². The van der Waals surface area contributed by atoms with E-state index in [4.69, 9.17) is 0 Å². The molecule has 0 bridgehead atoms. The molecule has 0 aliphatic rings. The molecule has 0 amide bonds. The molecule has 0 fully saturated rings. The van der Waals surface area contributed by atoms with E-state index in [0.29, 0.717) is 18.3 Å². The lowest BCUT2D eigenvalue weighted by Gasteiger charge is -2.25. The summed E-state index contributed by atoms with van der Waals surface area (Å²) in [6, 6.07) is 3.77. The van der Waals surface area contributed by atoms with Crippen LogP contribution in [0.25, 0.3) is 0 Å². The molecule has 0 aliphatic carbocycles. The quantitative estimate of drug-likeness (QED) is 0.892. The molecule has 5 nitrogen and oxygen atoms in total. The Balaban J connectivity index is 2.11. The Morgan fingerprint density at radius 1 is 1.37 bits per heavy atom. The van der Waals surface area contributed by atoms with Gasteiger partial charge in [-0.2, -0.15) is 5.10 Å². The van der Waals surface area contributed by atoms with Crippen LogP contribution < -0.4 is 0 Å². The number of nitrogens with zero attached hydrogens (tertiary/aromatic N) is 4. The summed E-state index contributed by atoms with van der Waals surface area (Å²) in [6.07, 6.45) is 5.58. The van der Waals surface area contributed by atoms with Crippen LogP contribution in [-0.2, 0) is 20.1 Å². The molecule has 0 saturated carbocycles. The number of aromatic hydroxyl groups is 1. The molecule has 2 aromatic rings. The van der Waals surface area contributed by atoms with Crippen molar-refractivity contribution in [2.24, 2.45) is 7.05 Å². The third-order valence-electron chi connectivity index (χ3n) is 3.09. The molecule has 0 aliphatic heterocycles. The van der Waals surface area contributed by atoms with Crippen molar-refractivity contribution in [2.45, 2.75) is 33.0 Å². The van der Waals surface area contributed by atoms with Crippen LogP contribution >= 0.6 is 0 Å². The number of rotatable bonds is 5. The van der Waals surface area contributed by atoms with Crippen LogP contribution in [-0.4, -0.2) is 30.8 Å². The van der Waals surface area contributed by atoms with E-state index in [-0.39, 0.29) is 5.75 Å². The van der Waals surface area contributed by atoms with E-state index < -0.39 is 0 Å². The van der Waals surface area contributed by atoms with Crippen LogP contribution in [0.2, 0.25) is 0 Å². The summed E-state index contributed by atoms with van der Waals surface area (Å²) >= 11 is 0. The molecule has 2 rings (SSSR count). The number of hydrogen-bond donors (Lipinski definition) is 1. The van der Waals surface area contributed by atoms with Crippen LogP contribution in [0.4, 0.5) is 0 Å². The van der Waals surface area contributed by atoms with E-state index in [9.17, 15) is 5.11 Å². The second-order valence-corrected chi connectivity index (χ2v) is 4.99. The highest BCUT2D eigenvalue weighted by Crippen LogP contribution is 2.18. The molecule has 0 spiro atoms. The number of pyridine rings is 1. The van der Waals surface area contributed by atoms with Crippen molar-refractivity contribution in [3.8, 4) is 5.75 Å². The topological polar surface area (TPSA) is 54.2 Å². The van der Waals surface area contributed by atoms with Gasteiger partial charge in [-0.25, -0.2) is 0 Å². The number of aryl methyl sites for hydroxylation is 1. The fourth-order valence-corrected chi connectivity index (χ4v) is 1.95. The molecule has 5 heteroatoms. The van der Waals surface area contributed by atoms with Gasteiger partial charge in [-0.3, -0.25) is 14.6 Å². The lowest BCUT2D eigenvalue weighted by atomic mass is 10.2. The first kappa shape index (κ1) is 13.5. The first-order valence-electron chi connectivity index (χ1n) is 6.40. The lowest BCUT2D eigenvalue weighted by Crippen LogP contribution is -2.30. The Kier molecular flexibility index (Phi) is 4.16. The average Bonchev–Trinajstić information content (AvgIpc) is 2.76. The number of aromatic nitrogens is 3. The Labute approximate surface area is 113 Å². The summed E-state index contributed by atoms with van der Waals surface area (Å²) in [5, 5.41) is 14.0. The summed E-state index contributed by atoms with van der Waals surface area (Å²) in [4.78, 5) is 6.48. The number of hydrogen-bond acceptors (Lipinski definition) is 4. The molecule has 2 heterocycles. The van der Waals surface area contributed by atoms with Crippen molar-refractivity contribution in [1.82, 2.24) is 19.7 Å².